The lowest BCUT2D eigenvalue weighted by Gasteiger charge is -2.25. The van der Waals surface area contributed by atoms with Crippen molar-refractivity contribution in [3.63, 3.8) is 0 Å². The standard InChI is InChI=1S/C14H29N3S.HI/c1-14(8-4-5-9-14)12-17-13(15-2)16-10-6-7-11-18-3;/h4-12H2,1-3H3,(H2,15,16,17);1H. The van der Waals surface area contributed by atoms with Gasteiger partial charge in [0.15, 0.2) is 5.96 Å². The Hall–Kier alpha value is 0.350. The zero-order valence-electron chi connectivity index (χ0n) is 12.6. The summed E-state index contributed by atoms with van der Waals surface area (Å²) in [5, 5.41) is 6.88. The first kappa shape index (κ1) is 19.4. The Morgan fingerprint density at radius 2 is 1.89 bits per heavy atom. The van der Waals surface area contributed by atoms with Crippen LogP contribution < -0.4 is 10.6 Å². The maximum absolute atomic E-state index is 4.29. The van der Waals surface area contributed by atoms with Gasteiger partial charge in [0.1, 0.15) is 0 Å². The lowest BCUT2D eigenvalue weighted by molar-refractivity contribution is 0.334. The van der Waals surface area contributed by atoms with Gasteiger partial charge in [-0.2, -0.15) is 11.8 Å². The number of rotatable bonds is 7. The van der Waals surface area contributed by atoms with Gasteiger partial charge in [0.25, 0.3) is 0 Å². The molecule has 0 spiro atoms. The van der Waals surface area contributed by atoms with Crippen LogP contribution >= 0.6 is 35.7 Å². The summed E-state index contributed by atoms with van der Waals surface area (Å²) in [6.45, 7) is 4.47. The Kier molecular flexibility index (Phi) is 11.3. The number of nitrogens with zero attached hydrogens (tertiary/aromatic N) is 1. The van der Waals surface area contributed by atoms with Crippen molar-refractivity contribution >= 4 is 41.7 Å². The SMILES string of the molecule is CN=C(NCCCCSC)NCC1(C)CCCC1.I. The Labute approximate surface area is 140 Å². The van der Waals surface area contributed by atoms with E-state index in [1.54, 1.807) is 0 Å². The number of nitrogens with one attached hydrogen (secondary N) is 2. The van der Waals surface area contributed by atoms with Crippen molar-refractivity contribution in [2.75, 3.05) is 32.1 Å². The molecular weight excluding hydrogens is 369 g/mol. The third kappa shape index (κ3) is 8.27. The highest BCUT2D eigenvalue weighted by Crippen LogP contribution is 2.36. The van der Waals surface area contributed by atoms with E-state index in [4.69, 9.17) is 0 Å². The van der Waals surface area contributed by atoms with Gasteiger partial charge in [0, 0.05) is 20.1 Å². The van der Waals surface area contributed by atoms with Gasteiger partial charge in [-0.15, -0.1) is 24.0 Å². The lowest BCUT2D eigenvalue weighted by Crippen LogP contribution is -2.42. The average Bonchev–Trinajstić information content (AvgIpc) is 2.80. The number of unbranched alkanes of at least 4 members (excludes halogenated alkanes) is 1. The number of hydrogen-bond acceptors (Lipinski definition) is 2. The summed E-state index contributed by atoms with van der Waals surface area (Å²) in [6.07, 6.45) is 10.1. The molecule has 19 heavy (non-hydrogen) atoms. The molecule has 0 saturated heterocycles. The summed E-state index contributed by atoms with van der Waals surface area (Å²) in [4.78, 5) is 4.29. The predicted octanol–water partition coefficient (Wildman–Crippen LogP) is 3.49. The molecule has 0 amide bonds. The number of aliphatic imine (C=N–C) groups is 1. The number of guanidine groups is 1. The van der Waals surface area contributed by atoms with Crippen LogP contribution in [0, 0.1) is 5.41 Å². The van der Waals surface area contributed by atoms with Crippen LogP contribution in [0.15, 0.2) is 4.99 Å². The highest BCUT2D eigenvalue weighted by molar-refractivity contribution is 14.0. The van der Waals surface area contributed by atoms with Gasteiger partial charge in [-0.1, -0.05) is 19.8 Å². The van der Waals surface area contributed by atoms with E-state index in [0.717, 1.165) is 19.0 Å². The van der Waals surface area contributed by atoms with Gasteiger partial charge < -0.3 is 10.6 Å². The molecule has 0 aromatic carbocycles. The van der Waals surface area contributed by atoms with E-state index in [1.807, 2.05) is 18.8 Å². The summed E-state index contributed by atoms with van der Waals surface area (Å²) in [7, 11) is 1.86. The molecule has 0 aromatic rings. The average molecular weight is 399 g/mol. The molecule has 2 N–H and O–H groups in total. The van der Waals surface area contributed by atoms with Gasteiger partial charge >= 0.3 is 0 Å². The zero-order chi connectivity index (χ0) is 13.3. The van der Waals surface area contributed by atoms with E-state index >= 15 is 0 Å². The highest BCUT2D eigenvalue weighted by atomic mass is 127. The van der Waals surface area contributed by atoms with Crippen LogP contribution in [0.4, 0.5) is 0 Å². The number of thioether (sulfide) groups is 1. The lowest BCUT2D eigenvalue weighted by atomic mass is 9.89. The molecule has 0 aliphatic heterocycles. The molecule has 0 atom stereocenters. The molecule has 1 aliphatic rings. The monoisotopic (exact) mass is 399 g/mol. The highest BCUT2D eigenvalue weighted by Gasteiger charge is 2.28. The molecule has 0 aromatic heterocycles. The first-order valence-corrected chi connectivity index (χ1v) is 8.53. The molecule has 0 heterocycles. The molecule has 1 aliphatic carbocycles. The molecule has 0 radical (unpaired) electrons. The largest absolute Gasteiger partial charge is 0.356 e. The van der Waals surface area contributed by atoms with E-state index in [9.17, 15) is 0 Å². The number of hydrogen-bond donors (Lipinski definition) is 2. The quantitative estimate of drug-likeness (QED) is 0.298. The molecule has 1 saturated carbocycles. The van der Waals surface area contributed by atoms with Gasteiger partial charge in [-0.25, -0.2) is 0 Å². The summed E-state index contributed by atoms with van der Waals surface area (Å²) in [6, 6.07) is 0. The van der Waals surface area contributed by atoms with Crippen LogP contribution in [0.5, 0.6) is 0 Å². The minimum Gasteiger partial charge on any atom is -0.356 e. The zero-order valence-corrected chi connectivity index (χ0v) is 15.8. The Morgan fingerprint density at radius 3 is 2.47 bits per heavy atom. The van der Waals surface area contributed by atoms with E-state index in [2.05, 4.69) is 28.8 Å². The van der Waals surface area contributed by atoms with Crippen molar-refractivity contribution in [1.29, 1.82) is 0 Å². The second-order valence-electron chi connectivity index (χ2n) is 5.57. The van der Waals surface area contributed by atoms with Crippen molar-refractivity contribution in [3.05, 3.63) is 0 Å². The first-order chi connectivity index (χ1) is 8.70. The third-order valence-electron chi connectivity index (χ3n) is 3.78. The second kappa shape index (κ2) is 11.1. The van der Waals surface area contributed by atoms with Crippen molar-refractivity contribution in [2.24, 2.45) is 10.4 Å². The van der Waals surface area contributed by atoms with Gasteiger partial charge in [0.05, 0.1) is 0 Å². The van der Waals surface area contributed by atoms with Crippen molar-refractivity contribution < 1.29 is 0 Å². The van der Waals surface area contributed by atoms with Crippen LogP contribution in [0.1, 0.15) is 45.4 Å². The molecule has 3 nitrogen and oxygen atoms in total. The number of halogens is 1. The van der Waals surface area contributed by atoms with Crippen molar-refractivity contribution in [3.8, 4) is 0 Å². The Morgan fingerprint density at radius 1 is 1.21 bits per heavy atom. The molecule has 1 fully saturated rings. The molecule has 1 rings (SSSR count). The van der Waals surface area contributed by atoms with Gasteiger partial charge in [0.2, 0.25) is 0 Å². The topological polar surface area (TPSA) is 36.4 Å². The minimum absolute atomic E-state index is 0. The molecule has 114 valence electrons. The summed E-state index contributed by atoms with van der Waals surface area (Å²) < 4.78 is 0. The fraction of sp³-hybridized carbons (Fsp3) is 0.929. The molecular formula is C14H30IN3S. The smallest absolute Gasteiger partial charge is 0.190 e. The molecule has 5 heteroatoms. The summed E-state index contributed by atoms with van der Waals surface area (Å²) >= 11 is 1.92. The van der Waals surface area contributed by atoms with E-state index in [-0.39, 0.29) is 24.0 Å². The fourth-order valence-corrected chi connectivity index (χ4v) is 2.99. The van der Waals surface area contributed by atoms with E-state index in [1.165, 1.54) is 44.3 Å². The fourth-order valence-electron chi connectivity index (χ4n) is 2.50. The summed E-state index contributed by atoms with van der Waals surface area (Å²) in [5.41, 5.74) is 0.483. The first-order valence-electron chi connectivity index (χ1n) is 7.14. The normalized spacial score (nSPS) is 17.9. The minimum atomic E-state index is 0. The van der Waals surface area contributed by atoms with Crippen LogP contribution in [0.25, 0.3) is 0 Å². The van der Waals surface area contributed by atoms with Crippen molar-refractivity contribution in [1.82, 2.24) is 10.6 Å². The third-order valence-corrected chi connectivity index (χ3v) is 4.48. The maximum atomic E-state index is 4.29. The summed E-state index contributed by atoms with van der Waals surface area (Å²) in [5.74, 6) is 2.22. The van der Waals surface area contributed by atoms with Crippen LogP contribution in [0.2, 0.25) is 0 Å². The molecule has 0 unspecified atom stereocenters. The van der Waals surface area contributed by atoms with Gasteiger partial charge in [-0.3, -0.25) is 4.99 Å². The van der Waals surface area contributed by atoms with Crippen molar-refractivity contribution in [2.45, 2.75) is 45.4 Å². The Balaban J connectivity index is 0.00000324. The van der Waals surface area contributed by atoms with Crippen LogP contribution in [0.3, 0.4) is 0 Å². The maximum Gasteiger partial charge on any atom is 0.190 e. The van der Waals surface area contributed by atoms with Crippen LogP contribution in [-0.2, 0) is 0 Å². The van der Waals surface area contributed by atoms with E-state index < -0.39 is 0 Å². The van der Waals surface area contributed by atoms with E-state index in [0.29, 0.717) is 5.41 Å². The predicted molar refractivity (Wildman–Crippen MR) is 99.0 cm³/mol. The van der Waals surface area contributed by atoms with Crippen LogP contribution in [-0.4, -0.2) is 38.1 Å². The van der Waals surface area contributed by atoms with Gasteiger partial charge in [-0.05, 0) is 43.1 Å². The second-order valence-corrected chi connectivity index (χ2v) is 6.56. The Bertz CT molecular complexity index is 253. The molecule has 0 bridgehead atoms.